The number of hydrogen-bond donors (Lipinski definition) is 2. The number of carboxylic acid groups (broad SMARTS) is 1. The monoisotopic (exact) mass is 367 g/mol. The first-order valence-corrected chi connectivity index (χ1v) is 8.53. The molecule has 8 nitrogen and oxygen atoms in total. The zero-order valence-corrected chi connectivity index (χ0v) is 15.4. The zero-order valence-electron chi connectivity index (χ0n) is 15.4. The molecule has 0 radical (unpaired) electrons. The van der Waals surface area contributed by atoms with Crippen molar-refractivity contribution in [3.05, 3.63) is 65.1 Å². The molecule has 27 heavy (non-hydrogen) atoms. The van der Waals surface area contributed by atoms with Crippen LogP contribution in [-0.2, 0) is 11.3 Å². The Labute approximate surface area is 156 Å². The van der Waals surface area contributed by atoms with Crippen molar-refractivity contribution in [2.24, 2.45) is 0 Å². The SMILES string of the molecule is Cc1ccccc1Cn1nc(NC(=O)C(C)n2ccc(C(=O)O)n2)cc1C. The molecule has 0 aliphatic heterocycles. The first-order valence-electron chi connectivity index (χ1n) is 8.53. The van der Waals surface area contributed by atoms with Gasteiger partial charge in [-0.05, 0) is 38.0 Å². The summed E-state index contributed by atoms with van der Waals surface area (Å²) in [5.74, 6) is -1.01. The predicted molar refractivity (Wildman–Crippen MR) is 99.8 cm³/mol. The minimum atomic E-state index is -1.13. The van der Waals surface area contributed by atoms with Crippen LogP contribution in [0.15, 0.2) is 42.6 Å². The van der Waals surface area contributed by atoms with Gasteiger partial charge in [0.05, 0.1) is 6.54 Å². The molecule has 140 valence electrons. The van der Waals surface area contributed by atoms with E-state index in [-0.39, 0.29) is 11.6 Å². The summed E-state index contributed by atoms with van der Waals surface area (Å²) < 4.78 is 3.15. The van der Waals surface area contributed by atoms with Crippen LogP contribution in [0.1, 0.15) is 40.3 Å². The minimum Gasteiger partial charge on any atom is -0.476 e. The maximum atomic E-state index is 12.5. The summed E-state index contributed by atoms with van der Waals surface area (Å²) in [7, 11) is 0. The van der Waals surface area contributed by atoms with Crippen molar-refractivity contribution >= 4 is 17.7 Å². The van der Waals surface area contributed by atoms with Gasteiger partial charge < -0.3 is 10.4 Å². The van der Waals surface area contributed by atoms with Crippen molar-refractivity contribution < 1.29 is 14.7 Å². The molecule has 2 N–H and O–H groups in total. The number of carboxylic acids is 1. The molecule has 1 atom stereocenters. The van der Waals surface area contributed by atoms with Gasteiger partial charge in [0.15, 0.2) is 11.5 Å². The van der Waals surface area contributed by atoms with E-state index in [1.54, 1.807) is 13.0 Å². The summed E-state index contributed by atoms with van der Waals surface area (Å²) >= 11 is 0. The van der Waals surface area contributed by atoms with Crippen LogP contribution in [0, 0.1) is 13.8 Å². The van der Waals surface area contributed by atoms with Crippen LogP contribution < -0.4 is 5.32 Å². The number of carbonyl (C=O) groups is 2. The second kappa shape index (κ2) is 7.45. The summed E-state index contributed by atoms with van der Waals surface area (Å²) in [6, 6.07) is 10.6. The summed E-state index contributed by atoms with van der Waals surface area (Å²) in [6.07, 6.45) is 1.47. The van der Waals surface area contributed by atoms with Gasteiger partial charge in [0, 0.05) is 18.0 Å². The largest absolute Gasteiger partial charge is 0.476 e. The van der Waals surface area contributed by atoms with E-state index in [0.29, 0.717) is 12.4 Å². The van der Waals surface area contributed by atoms with E-state index < -0.39 is 12.0 Å². The lowest BCUT2D eigenvalue weighted by molar-refractivity contribution is -0.119. The van der Waals surface area contributed by atoms with Gasteiger partial charge in [0.25, 0.3) is 0 Å². The lowest BCUT2D eigenvalue weighted by Gasteiger charge is -2.11. The molecule has 0 aliphatic carbocycles. The molecule has 3 rings (SSSR count). The van der Waals surface area contributed by atoms with Crippen LogP contribution in [0.4, 0.5) is 5.82 Å². The molecule has 1 aromatic carbocycles. The van der Waals surface area contributed by atoms with E-state index in [0.717, 1.165) is 11.3 Å². The molecule has 1 unspecified atom stereocenters. The summed E-state index contributed by atoms with van der Waals surface area (Å²) in [6.45, 7) is 6.24. The number of anilines is 1. The van der Waals surface area contributed by atoms with Gasteiger partial charge in [-0.1, -0.05) is 24.3 Å². The van der Waals surface area contributed by atoms with Crippen molar-refractivity contribution in [2.45, 2.75) is 33.4 Å². The van der Waals surface area contributed by atoms with E-state index in [2.05, 4.69) is 21.6 Å². The Morgan fingerprint density at radius 1 is 1.19 bits per heavy atom. The Kier molecular flexibility index (Phi) is 5.07. The third-order valence-electron chi connectivity index (χ3n) is 4.42. The molecule has 8 heteroatoms. The molecule has 0 spiro atoms. The average molecular weight is 367 g/mol. The Morgan fingerprint density at radius 2 is 1.93 bits per heavy atom. The first kappa shape index (κ1) is 18.4. The van der Waals surface area contributed by atoms with Gasteiger partial charge in [0.1, 0.15) is 6.04 Å². The van der Waals surface area contributed by atoms with E-state index in [1.165, 1.54) is 22.5 Å². The van der Waals surface area contributed by atoms with Gasteiger partial charge in [-0.2, -0.15) is 10.2 Å². The van der Waals surface area contributed by atoms with Crippen molar-refractivity contribution in [1.82, 2.24) is 19.6 Å². The molecular weight excluding hydrogens is 346 g/mol. The highest BCUT2D eigenvalue weighted by Crippen LogP contribution is 2.15. The fourth-order valence-electron chi connectivity index (χ4n) is 2.70. The number of aryl methyl sites for hydroxylation is 2. The van der Waals surface area contributed by atoms with Gasteiger partial charge in [-0.25, -0.2) is 4.79 Å². The fourth-order valence-corrected chi connectivity index (χ4v) is 2.70. The summed E-state index contributed by atoms with van der Waals surface area (Å²) in [5.41, 5.74) is 3.16. The molecule has 3 aromatic rings. The Bertz CT molecular complexity index is 989. The zero-order chi connectivity index (χ0) is 19.6. The maximum absolute atomic E-state index is 12.5. The van der Waals surface area contributed by atoms with Crippen LogP contribution in [0.5, 0.6) is 0 Å². The number of amides is 1. The Morgan fingerprint density at radius 3 is 2.59 bits per heavy atom. The standard InChI is InChI=1S/C19H21N5O3/c1-12-6-4-5-7-15(12)11-24-13(2)10-17(22-24)20-18(25)14(3)23-9-8-16(21-23)19(26)27/h4-10,14H,11H2,1-3H3,(H,26,27)(H,20,22,25). The number of carbonyl (C=O) groups excluding carboxylic acids is 1. The topological polar surface area (TPSA) is 102 Å². The third-order valence-corrected chi connectivity index (χ3v) is 4.42. The second-order valence-corrected chi connectivity index (χ2v) is 6.41. The smallest absolute Gasteiger partial charge is 0.356 e. The minimum absolute atomic E-state index is 0.104. The van der Waals surface area contributed by atoms with Crippen molar-refractivity contribution in [3.8, 4) is 0 Å². The van der Waals surface area contributed by atoms with Crippen molar-refractivity contribution in [2.75, 3.05) is 5.32 Å². The number of nitrogens with zero attached hydrogens (tertiary/aromatic N) is 4. The van der Waals surface area contributed by atoms with E-state index in [1.807, 2.05) is 36.7 Å². The van der Waals surface area contributed by atoms with Gasteiger partial charge in [-0.15, -0.1) is 0 Å². The van der Waals surface area contributed by atoms with Gasteiger partial charge in [0.2, 0.25) is 5.91 Å². The quantitative estimate of drug-likeness (QED) is 0.697. The highest BCUT2D eigenvalue weighted by Gasteiger charge is 2.19. The number of rotatable bonds is 6. The van der Waals surface area contributed by atoms with Crippen LogP contribution in [0.2, 0.25) is 0 Å². The number of aromatic carboxylic acids is 1. The lowest BCUT2D eigenvalue weighted by Crippen LogP contribution is -2.24. The van der Waals surface area contributed by atoms with Crippen molar-refractivity contribution in [1.29, 1.82) is 0 Å². The molecule has 0 fully saturated rings. The summed E-state index contributed by atoms with van der Waals surface area (Å²) in [5, 5.41) is 20.0. The van der Waals surface area contributed by atoms with E-state index >= 15 is 0 Å². The molecule has 0 bridgehead atoms. The first-order chi connectivity index (χ1) is 12.8. The maximum Gasteiger partial charge on any atom is 0.356 e. The molecular formula is C19H21N5O3. The highest BCUT2D eigenvalue weighted by atomic mass is 16.4. The van der Waals surface area contributed by atoms with Crippen LogP contribution >= 0.6 is 0 Å². The fraction of sp³-hybridized carbons (Fsp3) is 0.263. The predicted octanol–water partition coefficient (Wildman–Crippen LogP) is 2.64. The van der Waals surface area contributed by atoms with Crippen LogP contribution in [0.3, 0.4) is 0 Å². The molecule has 0 aliphatic rings. The number of benzene rings is 1. The van der Waals surface area contributed by atoms with Gasteiger partial charge in [-0.3, -0.25) is 14.2 Å². The lowest BCUT2D eigenvalue weighted by atomic mass is 10.1. The number of nitrogens with one attached hydrogen (secondary N) is 1. The normalized spacial score (nSPS) is 12.0. The highest BCUT2D eigenvalue weighted by molar-refractivity contribution is 5.92. The van der Waals surface area contributed by atoms with E-state index in [9.17, 15) is 9.59 Å². The Balaban J connectivity index is 1.71. The van der Waals surface area contributed by atoms with Crippen LogP contribution in [-0.4, -0.2) is 36.5 Å². The molecule has 2 heterocycles. The average Bonchev–Trinajstić information content (AvgIpc) is 3.24. The van der Waals surface area contributed by atoms with E-state index in [4.69, 9.17) is 5.11 Å². The second-order valence-electron chi connectivity index (χ2n) is 6.41. The van der Waals surface area contributed by atoms with Crippen molar-refractivity contribution in [3.63, 3.8) is 0 Å². The molecule has 0 saturated carbocycles. The number of hydrogen-bond acceptors (Lipinski definition) is 4. The van der Waals surface area contributed by atoms with Gasteiger partial charge >= 0.3 is 5.97 Å². The third kappa shape index (κ3) is 4.05. The molecule has 2 aromatic heterocycles. The molecule has 0 saturated heterocycles. The number of aromatic nitrogens is 4. The molecule has 1 amide bonds. The summed E-state index contributed by atoms with van der Waals surface area (Å²) in [4.78, 5) is 23.4. The van der Waals surface area contributed by atoms with Crippen LogP contribution in [0.25, 0.3) is 0 Å². The Hall–Kier alpha value is -3.42.